The molecule has 0 spiro atoms. The molecule has 0 saturated carbocycles. The summed E-state index contributed by atoms with van der Waals surface area (Å²) in [6, 6.07) is 25.6. The van der Waals surface area contributed by atoms with Crippen molar-refractivity contribution in [3.05, 3.63) is 106 Å². The standard InChI is InChI=1S/C22H15ClOS/c23-17-12-10-15(11-13-17)14-19-21(24)18-8-4-5-9-20(18)25-22(19)16-6-2-1-3-7-16/h1-14,22H/b19-14-. The van der Waals surface area contributed by atoms with E-state index in [1.54, 1.807) is 11.8 Å². The zero-order valence-electron chi connectivity index (χ0n) is 13.4. The molecule has 1 aliphatic rings. The van der Waals surface area contributed by atoms with Crippen LogP contribution in [0.15, 0.2) is 89.3 Å². The Morgan fingerprint density at radius 3 is 2.28 bits per heavy atom. The van der Waals surface area contributed by atoms with Gasteiger partial charge in [-0.05, 0) is 41.5 Å². The third-order valence-corrected chi connectivity index (χ3v) is 5.84. The molecule has 4 rings (SSSR count). The van der Waals surface area contributed by atoms with E-state index in [0.717, 1.165) is 27.2 Å². The fourth-order valence-corrected chi connectivity index (χ4v) is 4.40. The second-order valence-electron chi connectivity index (χ2n) is 5.89. The number of rotatable bonds is 2. The molecule has 0 bridgehead atoms. The van der Waals surface area contributed by atoms with E-state index in [1.165, 1.54) is 0 Å². The summed E-state index contributed by atoms with van der Waals surface area (Å²) in [6.45, 7) is 0. The van der Waals surface area contributed by atoms with E-state index < -0.39 is 0 Å². The molecule has 1 aliphatic heterocycles. The van der Waals surface area contributed by atoms with E-state index in [-0.39, 0.29) is 11.0 Å². The number of benzene rings is 3. The molecular formula is C22H15ClOS. The molecule has 0 saturated heterocycles. The summed E-state index contributed by atoms with van der Waals surface area (Å²) in [7, 11) is 0. The van der Waals surface area contributed by atoms with Crippen LogP contribution in [-0.4, -0.2) is 5.78 Å². The van der Waals surface area contributed by atoms with E-state index in [4.69, 9.17) is 11.6 Å². The summed E-state index contributed by atoms with van der Waals surface area (Å²) in [6.07, 6.45) is 1.99. The molecule has 3 aromatic rings. The number of halogens is 1. The SMILES string of the molecule is O=C1/C(=C/c2ccc(Cl)cc2)C(c2ccccc2)Sc2ccccc21. The Morgan fingerprint density at radius 1 is 0.840 bits per heavy atom. The molecule has 122 valence electrons. The Labute approximate surface area is 156 Å². The third-order valence-electron chi connectivity index (χ3n) is 4.22. The van der Waals surface area contributed by atoms with E-state index in [0.29, 0.717) is 5.02 Å². The minimum Gasteiger partial charge on any atom is -0.289 e. The average Bonchev–Trinajstić information content (AvgIpc) is 2.66. The minimum absolute atomic E-state index is 0.0146. The summed E-state index contributed by atoms with van der Waals surface area (Å²) in [5.41, 5.74) is 3.70. The quantitative estimate of drug-likeness (QED) is 0.487. The number of hydrogen-bond donors (Lipinski definition) is 0. The van der Waals surface area contributed by atoms with Crippen LogP contribution >= 0.6 is 23.4 Å². The van der Waals surface area contributed by atoms with Crippen LogP contribution in [0.3, 0.4) is 0 Å². The highest BCUT2D eigenvalue weighted by Gasteiger charge is 2.31. The van der Waals surface area contributed by atoms with E-state index in [1.807, 2.05) is 72.8 Å². The maximum absolute atomic E-state index is 13.2. The smallest absolute Gasteiger partial charge is 0.191 e. The Morgan fingerprint density at radius 2 is 1.52 bits per heavy atom. The van der Waals surface area contributed by atoms with Gasteiger partial charge in [0.25, 0.3) is 0 Å². The number of ketones is 1. The lowest BCUT2D eigenvalue weighted by atomic mass is 9.94. The second kappa shape index (κ2) is 6.91. The Hall–Kier alpha value is -2.29. The van der Waals surface area contributed by atoms with Crippen molar-refractivity contribution in [2.75, 3.05) is 0 Å². The molecule has 0 N–H and O–H groups in total. The van der Waals surface area contributed by atoms with Crippen molar-refractivity contribution in [2.24, 2.45) is 0 Å². The molecule has 1 atom stereocenters. The molecule has 1 heterocycles. The predicted octanol–water partition coefficient (Wildman–Crippen LogP) is 6.45. The van der Waals surface area contributed by atoms with Gasteiger partial charge >= 0.3 is 0 Å². The van der Waals surface area contributed by atoms with Crippen LogP contribution in [0.2, 0.25) is 5.02 Å². The summed E-state index contributed by atoms with van der Waals surface area (Å²) in [5, 5.41) is 0.677. The van der Waals surface area contributed by atoms with Gasteiger partial charge in [0.2, 0.25) is 0 Å². The van der Waals surface area contributed by atoms with Crippen molar-refractivity contribution in [3.63, 3.8) is 0 Å². The molecule has 3 heteroatoms. The van der Waals surface area contributed by atoms with Gasteiger partial charge in [0, 0.05) is 21.1 Å². The van der Waals surface area contributed by atoms with Crippen LogP contribution < -0.4 is 0 Å². The number of fused-ring (bicyclic) bond motifs is 1. The normalized spacial score (nSPS) is 18.2. The lowest BCUT2D eigenvalue weighted by Gasteiger charge is -2.26. The number of hydrogen-bond acceptors (Lipinski definition) is 2. The monoisotopic (exact) mass is 362 g/mol. The first kappa shape index (κ1) is 16.2. The molecule has 1 unspecified atom stereocenters. The highest BCUT2D eigenvalue weighted by molar-refractivity contribution is 8.00. The van der Waals surface area contributed by atoms with Gasteiger partial charge in [0.15, 0.2) is 5.78 Å². The van der Waals surface area contributed by atoms with Gasteiger partial charge in [-0.25, -0.2) is 0 Å². The van der Waals surface area contributed by atoms with Gasteiger partial charge in [0.05, 0.1) is 5.25 Å². The largest absolute Gasteiger partial charge is 0.289 e. The van der Waals surface area contributed by atoms with Crippen molar-refractivity contribution >= 4 is 35.2 Å². The highest BCUT2D eigenvalue weighted by atomic mass is 35.5. The van der Waals surface area contributed by atoms with Crippen molar-refractivity contribution < 1.29 is 4.79 Å². The van der Waals surface area contributed by atoms with Crippen LogP contribution in [0, 0.1) is 0 Å². The summed E-state index contributed by atoms with van der Waals surface area (Å²) in [4.78, 5) is 14.2. The summed E-state index contributed by atoms with van der Waals surface area (Å²) in [5.74, 6) is 0.0955. The molecular weight excluding hydrogens is 348 g/mol. The molecule has 0 amide bonds. The first-order valence-corrected chi connectivity index (χ1v) is 9.30. The van der Waals surface area contributed by atoms with Crippen molar-refractivity contribution in [3.8, 4) is 0 Å². The molecule has 0 fully saturated rings. The molecule has 25 heavy (non-hydrogen) atoms. The number of thioether (sulfide) groups is 1. The third kappa shape index (κ3) is 3.28. The lowest BCUT2D eigenvalue weighted by Crippen LogP contribution is -2.16. The van der Waals surface area contributed by atoms with E-state index in [9.17, 15) is 4.79 Å². The summed E-state index contributed by atoms with van der Waals surface area (Å²) < 4.78 is 0. The van der Waals surface area contributed by atoms with Gasteiger partial charge in [-0.15, -0.1) is 11.8 Å². The molecule has 0 aromatic heterocycles. The van der Waals surface area contributed by atoms with E-state index in [2.05, 4.69) is 12.1 Å². The molecule has 1 nitrogen and oxygen atoms in total. The van der Waals surface area contributed by atoms with Gasteiger partial charge in [-0.1, -0.05) is 66.2 Å². The van der Waals surface area contributed by atoms with Gasteiger partial charge in [-0.2, -0.15) is 0 Å². The van der Waals surface area contributed by atoms with Crippen LogP contribution in [0.25, 0.3) is 6.08 Å². The van der Waals surface area contributed by atoms with E-state index >= 15 is 0 Å². The predicted molar refractivity (Wildman–Crippen MR) is 105 cm³/mol. The highest BCUT2D eigenvalue weighted by Crippen LogP contribution is 2.48. The fraction of sp³-hybridized carbons (Fsp3) is 0.0455. The zero-order valence-corrected chi connectivity index (χ0v) is 14.9. The van der Waals surface area contributed by atoms with Gasteiger partial charge in [-0.3, -0.25) is 4.79 Å². The lowest BCUT2D eigenvalue weighted by molar-refractivity contribution is 0.102. The fourth-order valence-electron chi connectivity index (χ4n) is 2.98. The van der Waals surface area contributed by atoms with Crippen LogP contribution in [0.5, 0.6) is 0 Å². The Bertz CT molecular complexity index is 945. The topological polar surface area (TPSA) is 17.1 Å². The first-order chi connectivity index (χ1) is 12.2. The van der Waals surface area contributed by atoms with Crippen LogP contribution in [0.4, 0.5) is 0 Å². The molecule has 0 aliphatic carbocycles. The maximum atomic E-state index is 13.2. The van der Waals surface area contributed by atoms with Crippen molar-refractivity contribution in [1.82, 2.24) is 0 Å². The second-order valence-corrected chi connectivity index (χ2v) is 7.47. The first-order valence-electron chi connectivity index (χ1n) is 8.05. The number of carbonyl (C=O) groups excluding carboxylic acids is 1. The maximum Gasteiger partial charge on any atom is 0.191 e. The van der Waals surface area contributed by atoms with Crippen LogP contribution in [0.1, 0.15) is 26.7 Å². The minimum atomic E-state index is -0.0146. The van der Waals surface area contributed by atoms with Gasteiger partial charge < -0.3 is 0 Å². The van der Waals surface area contributed by atoms with Crippen molar-refractivity contribution in [1.29, 1.82) is 0 Å². The Balaban J connectivity index is 1.85. The Kier molecular flexibility index (Phi) is 4.48. The number of carbonyl (C=O) groups is 1. The average molecular weight is 363 g/mol. The van der Waals surface area contributed by atoms with Gasteiger partial charge in [0.1, 0.15) is 0 Å². The van der Waals surface area contributed by atoms with Crippen LogP contribution in [-0.2, 0) is 0 Å². The van der Waals surface area contributed by atoms with Crippen molar-refractivity contribution in [2.45, 2.75) is 10.1 Å². The zero-order chi connectivity index (χ0) is 17.2. The summed E-state index contributed by atoms with van der Waals surface area (Å²) >= 11 is 7.71. The molecule has 0 radical (unpaired) electrons. The molecule has 3 aromatic carbocycles. The number of Topliss-reactive ketones (excluding diaryl/α,β-unsaturated/α-hetero) is 1.